The van der Waals surface area contributed by atoms with Crippen LogP contribution in [-0.4, -0.2) is 14.5 Å². The van der Waals surface area contributed by atoms with E-state index in [-0.39, 0.29) is 12.0 Å². The van der Waals surface area contributed by atoms with Gasteiger partial charge in [0.2, 0.25) is 10.0 Å². The van der Waals surface area contributed by atoms with Crippen molar-refractivity contribution in [1.82, 2.24) is 4.72 Å². The summed E-state index contributed by atoms with van der Waals surface area (Å²) in [7, 11) is -3.32. The molecule has 88 valence electrons. The maximum absolute atomic E-state index is 12.1. The van der Waals surface area contributed by atoms with Crippen LogP contribution in [0.15, 0.2) is 29.2 Å². The van der Waals surface area contributed by atoms with Gasteiger partial charge in [-0.3, -0.25) is 0 Å². The van der Waals surface area contributed by atoms with E-state index in [9.17, 15) is 8.42 Å². The first kappa shape index (κ1) is 11.6. The zero-order valence-electron chi connectivity index (χ0n) is 9.60. The molecule has 0 saturated heterocycles. The number of sulfonamides is 1. The molecule has 0 atom stereocenters. The topological polar surface area (TPSA) is 46.2 Å². The third-order valence-electron chi connectivity index (χ3n) is 2.73. The van der Waals surface area contributed by atoms with Crippen molar-refractivity contribution in [2.45, 2.75) is 43.5 Å². The zero-order chi connectivity index (χ0) is 11.8. The summed E-state index contributed by atoms with van der Waals surface area (Å²) in [4.78, 5) is 0.428. The molecule has 1 N–H and O–H groups in total. The predicted molar refractivity (Wildman–Crippen MR) is 63.9 cm³/mol. The molecule has 1 aliphatic carbocycles. The lowest BCUT2D eigenvalue weighted by Crippen LogP contribution is -2.26. The molecular weight excluding hydrogens is 222 g/mol. The molecule has 1 fully saturated rings. The summed E-state index contributed by atoms with van der Waals surface area (Å²) in [5.41, 5.74) is 0.885. The average molecular weight is 239 g/mol. The summed E-state index contributed by atoms with van der Waals surface area (Å²) in [6.45, 7) is 4.01. The highest BCUT2D eigenvalue weighted by molar-refractivity contribution is 7.89. The van der Waals surface area contributed by atoms with Gasteiger partial charge in [-0.1, -0.05) is 32.0 Å². The highest BCUT2D eigenvalue weighted by Crippen LogP contribution is 2.26. The molecule has 0 aliphatic heterocycles. The maximum Gasteiger partial charge on any atom is 0.241 e. The highest BCUT2D eigenvalue weighted by Gasteiger charge is 2.29. The van der Waals surface area contributed by atoms with E-state index < -0.39 is 10.0 Å². The molecule has 2 rings (SSSR count). The highest BCUT2D eigenvalue weighted by atomic mass is 32.2. The van der Waals surface area contributed by atoms with Crippen molar-refractivity contribution in [3.63, 3.8) is 0 Å². The van der Waals surface area contributed by atoms with Crippen LogP contribution in [0.25, 0.3) is 0 Å². The smallest absolute Gasteiger partial charge is 0.208 e. The van der Waals surface area contributed by atoms with Crippen LogP contribution in [0.4, 0.5) is 0 Å². The van der Waals surface area contributed by atoms with Gasteiger partial charge < -0.3 is 0 Å². The zero-order valence-corrected chi connectivity index (χ0v) is 10.4. The van der Waals surface area contributed by atoms with E-state index in [1.54, 1.807) is 12.1 Å². The fourth-order valence-corrected chi connectivity index (χ4v) is 3.36. The number of rotatable bonds is 4. The van der Waals surface area contributed by atoms with Crippen molar-refractivity contribution in [1.29, 1.82) is 0 Å². The summed E-state index contributed by atoms with van der Waals surface area (Å²) in [5, 5.41) is 0. The normalized spacial score (nSPS) is 16.7. The molecule has 1 aliphatic rings. The Kier molecular flexibility index (Phi) is 3.04. The van der Waals surface area contributed by atoms with Gasteiger partial charge in [-0.15, -0.1) is 0 Å². The Morgan fingerprint density at radius 1 is 1.25 bits per heavy atom. The van der Waals surface area contributed by atoms with Gasteiger partial charge in [0, 0.05) is 6.04 Å². The van der Waals surface area contributed by atoms with Crippen molar-refractivity contribution in [2.24, 2.45) is 0 Å². The van der Waals surface area contributed by atoms with Crippen LogP contribution < -0.4 is 4.72 Å². The van der Waals surface area contributed by atoms with Crippen molar-refractivity contribution in [3.8, 4) is 0 Å². The van der Waals surface area contributed by atoms with E-state index in [2.05, 4.69) is 4.72 Å². The van der Waals surface area contributed by atoms with Crippen LogP contribution >= 0.6 is 0 Å². The Hall–Kier alpha value is -0.870. The molecule has 0 amide bonds. The summed E-state index contributed by atoms with van der Waals surface area (Å²) in [5.74, 6) is 0.215. The van der Waals surface area contributed by atoms with Gasteiger partial charge in [-0.25, -0.2) is 13.1 Å². The van der Waals surface area contributed by atoms with Crippen LogP contribution in [0.1, 0.15) is 38.2 Å². The van der Waals surface area contributed by atoms with Crippen molar-refractivity contribution in [2.75, 3.05) is 0 Å². The third kappa shape index (κ3) is 2.44. The monoisotopic (exact) mass is 239 g/mol. The minimum atomic E-state index is -3.32. The Morgan fingerprint density at radius 3 is 2.44 bits per heavy atom. The molecule has 0 radical (unpaired) electrons. The molecule has 1 aromatic rings. The van der Waals surface area contributed by atoms with Crippen LogP contribution in [0.3, 0.4) is 0 Å². The molecule has 1 aromatic carbocycles. The largest absolute Gasteiger partial charge is 0.241 e. The standard InChI is InChI=1S/C12H17NO2S/c1-9(2)11-5-3-4-6-12(11)16(14,15)13-10-7-8-10/h3-6,9-10,13H,7-8H2,1-2H3. The second-order valence-electron chi connectivity index (χ2n) is 4.59. The number of hydrogen-bond acceptors (Lipinski definition) is 2. The fraction of sp³-hybridized carbons (Fsp3) is 0.500. The summed E-state index contributed by atoms with van der Waals surface area (Å²) < 4.78 is 26.9. The third-order valence-corrected chi connectivity index (χ3v) is 4.32. The van der Waals surface area contributed by atoms with Crippen molar-refractivity contribution >= 4 is 10.0 Å². The van der Waals surface area contributed by atoms with E-state index in [0.717, 1.165) is 18.4 Å². The molecule has 0 unspecified atom stereocenters. The number of nitrogens with one attached hydrogen (secondary N) is 1. The second-order valence-corrected chi connectivity index (χ2v) is 6.27. The molecule has 3 nitrogen and oxygen atoms in total. The van der Waals surface area contributed by atoms with E-state index in [0.29, 0.717) is 4.90 Å². The molecule has 0 bridgehead atoms. The number of hydrogen-bond donors (Lipinski definition) is 1. The lowest BCUT2D eigenvalue weighted by molar-refractivity contribution is 0.578. The number of benzene rings is 1. The van der Waals surface area contributed by atoms with Gasteiger partial charge in [0.15, 0.2) is 0 Å². The molecular formula is C12H17NO2S. The SMILES string of the molecule is CC(C)c1ccccc1S(=O)(=O)NC1CC1. The molecule has 1 saturated carbocycles. The van der Waals surface area contributed by atoms with E-state index in [1.807, 2.05) is 26.0 Å². The van der Waals surface area contributed by atoms with Crippen LogP contribution in [0.2, 0.25) is 0 Å². The van der Waals surface area contributed by atoms with Gasteiger partial charge >= 0.3 is 0 Å². The minimum Gasteiger partial charge on any atom is -0.208 e. The van der Waals surface area contributed by atoms with Gasteiger partial charge in [-0.2, -0.15) is 0 Å². The maximum atomic E-state index is 12.1. The van der Waals surface area contributed by atoms with E-state index >= 15 is 0 Å². The van der Waals surface area contributed by atoms with E-state index in [4.69, 9.17) is 0 Å². The molecule has 16 heavy (non-hydrogen) atoms. The quantitative estimate of drug-likeness (QED) is 0.876. The first-order chi connectivity index (χ1) is 7.50. The van der Waals surface area contributed by atoms with Gasteiger partial charge in [0.1, 0.15) is 0 Å². The molecule has 0 aromatic heterocycles. The van der Waals surface area contributed by atoms with Crippen molar-refractivity contribution < 1.29 is 8.42 Å². The second kappa shape index (κ2) is 4.18. The average Bonchev–Trinajstić information content (AvgIpc) is 3.01. The Labute approximate surface area is 96.9 Å². The minimum absolute atomic E-state index is 0.158. The van der Waals surface area contributed by atoms with Crippen LogP contribution in [-0.2, 0) is 10.0 Å². The fourth-order valence-electron chi connectivity index (χ4n) is 1.69. The van der Waals surface area contributed by atoms with Crippen LogP contribution in [0, 0.1) is 0 Å². The molecule has 4 heteroatoms. The Bertz CT molecular complexity index is 476. The summed E-state index contributed by atoms with van der Waals surface area (Å²) in [6, 6.07) is 7.37. The first-order valence-electron chi connectivity index (χ1n) is 5.62. The lowest BCUT2D eigenvalue weighted by atomic mass is 10.0. The summed E-state index contributed by atoms with van der Waals surface area (Å²) >= 11 is 0. The summed E-state index contributed by atoms with van der Waals surface area (Å²) in [6.07, 6.45) is 1.92. The Morgan fingerprint density at radius 2 is 1.88 bits per heavy atom. The van der Waals surface area contributed by atoms with Gasteiger partial charge in [0.25, 0.3) is 0 Å². The molecule has 0 heterocycles. The van der Waals surface area contributed by atoms with E-state index in [1.165, 1.54) is 0 Å². The van der Waals surface area contributed by atoms with Crippen LogP contribution in [0.5, 0.6) is 0 Å². The lowest BCUT2D eigenvalue weighted by Gasteiger charge is -2.13. The predicted octanol–water partition coefficient (Wildman–Crippen LogP) is 2.25. The van der Waals surface area contributed by atoms with Gasteiger partial charge in [-0.05, 0) is 30.4 Å². The van der Waals surface area contributed by atoms with Gasteiger partial charge in [0.05, 0.1) is 4.90 Å². The van der Waals surface area contributed by atoms with Crippen molar-refractivity contribution in [3.05, 3.63) is 29.8 Å². The molecule has 0 spiro atoms. The Balaban J connectivity index is 2.38. The first-order valence-corrected chi connectivity index (χ1v) is 7.10.